The van der Waals surface area contributed by atoms with Crippen LogP contribution < -0.4 is 0 Å². The fraction of sp³-hybridized carbons (Fsp3) is 1.00. The lowest BCUT2D eigenvalue weighted by molar-refractivity contribution is 0.404. The van der Waals surface area contributed by atoms with E-state index in [0.717, 1.165) is 11.8 Å². The highest BCUT2D eigenvalue weighted by atomic mass is 14.1. The summed E-state index contributed by atoms with van der Waals surface area (Å²) in [6, 6.07) is 0. The SMILES string of the molecule is C.CCCCC(C)CC(C)C. The molecule has 1 unspecified atom stereocenters. The van der Waals surface area contributed by atoms with Gasteiger partial charge >= 0.3 is 0 Å². The molecule has 0 amide bonds. The summed E-state index contributed by atoms with van der Waals surface area (Å²) in [4.78, 5) is 0. The number of rotatable bonds is 5. The van der Waals surface area contributed by atoms with Crippen LogP contribution >= 0.6 is 0 Å². The van der Waals surface area contributed by atoms with Crippen molar-refractivity contribution in [2.24, 2.45) is 11.8 Å². The quantitative estimate of drug-likeness (QED) is 0.553. The average Bonchev–Trinajstić information content (AvgIpc) is 1.82. The maximum absolute atomic E-state index is 2.37. The van der Waals surface area contributed by atoms with Gasteiger partial charge in [0.1, 0.15) is 0 Å². The van der Waals surface area contributed by atoms with Crippen molar-refractivity contribution in [3.8, 4) is 0 Å². The lowest BCUT2D eigenvalue weighted by Gasteiger charge is -2.12. The molecular weight excluding hydrogens is 132 g/mol. The van der Waals surface area contributed by atoms with Crippen molar-refractivity contribution >= 4 is 0 Å². The van der Waals surface area contributed by atoms with Crippen molar-refractivity contribution in [2.75, 3.05) is 0 Å². The van der Waals surface area contributed by atoms with E-state index < -0.39 is 0 Å². The normalized spacial score (nSPS) is 12.8. The van der Waals surface area contributed by atoms with Crippen LogP contribution in [0.1, 0.15) is 60.8 Å². The molecule has 0 N–H and O–H groups in total. The summed E-state index contributed by atoms with van der Waals surface area (Å²) in [6.45, 7) is 9.25. The lowest BCUT2D eigenvalue weighted by Crippen LogP contribution is -1.99. The molecule has 0 aromatic heterocycles. The molecule has 0 aliphatic rings. The molecule has 0 bridgehead atoms. The maximum atomic E-state index is 2.37. The van der Waals surface area contributed by atoms with Crippen LogP contribution in [0.3, 0.4) is 0 Å². The molecule has 0 saturated carbocycles. The van der Waals surface area contributed by atoms with Gasteiger partial charge in [-0.2, -0.15) is 0 Å². The van der Waals surface area contributed by atoms with Crippen molar-refractivity contribution in [3.63, 3.8) is 0 Å². The van der Waals surface area contributed by atoms with E-state index in [1.807, 2.05) is 0 Å². The fourth-order valence-corrected chi connectivity index (χ4v) is 1.48. The summed E-state index contributed by atoms with van der Waals surface area (Å²) in [7, 11) is 0. The smallest absolute Gasteiger partial charge is 0.0440 e. The second-order valence-electron chi connectivity index (χ2n) is 3.88. The Morgan fingerprint density at radius 1 is 1.09 bits per heavy atom. The van der Waals surface area contributed by atoms with Gasteiger partial charge in [0, 0.05) is 0 Å². The molecule has 0 heterocycles. The average molecular weight is 158 g/mol. The Morgan fingerprint density at radius 3 is 2.00 bits per heavy atom. The standard InChI is InChI=1S/C10H22.CH4/c1-5-6-7-10(4)8-9(2)3;/h9-10H,5-8H2,1-4H3;1H4. The lowest BCUT2D eigenvalue weighted by atomic mass is 9.94. The zero-order valence-corrected chi connectivity index (χ0v) is 7.98. The largest absolute Gasteiger partial charge is 0.0776 e. The minimum atomic E-state index is 0. The first-order valence-corrected chi connectivity index (χ1v) is 4.66. The molecule has 0 nitrogen and oxygen atoms in total. The molecule has 1 atom stereocenters. The molecule has 0 aromatic carbocycles. The van der Waals surface area contributed by atoms with Gasteiger partial charge in [0.15, 0.2) is 0 Å². The van der Waals surface area contributed by atoms with E-state index in [1.54, 1.807) is 0 Å². The Kier molecular flexibility index (Phi) is 10.0. The van der Waals surface area contributed by atoms with Crippen molar-refractivity contribution < 1.29 is 0 Å². The van der Waals surface area contributed by atoms with E-state index in [1.165, 1.54) is 25.7 Å². The summed E-state index contributed by atoms with van der Waals surface area (Å²) in [5.74, 6) is 1.83. The molecule has 0 radical (unpaired) electrons. The minimum Gasteiger partial charge on any atom is -0.0776 e. The summed E-state index contributed by atoms with van der Waals surface area (Å²) >= 11 is 0. The predicted octanol–water partition coefficient (Wildman–Crippen LogP) is 4.49. The van der Waals surface area contributed by atoms with Gasteiger partial charge in [0.25, 0.3) is 0 Å². The van der Waals surface area contributed by atoms with Crippen molar-refractivity contribution in [1.29, 1.82) is 0 Å². The molecular formula is C11H26. The first-order chi connectivity index (χ1) is 4.66. The van der Waals surface area contributed by atoms with Gasteiger partial charge in [-0.05, 0) is 18.3 Å². The zero-order valence-electron chi connectivity index (χ0n) is 7.98. The van der Waals surface area contributed by atoms with Gasteiger partial charge in [-0.25, -0.2) is 0 Å². The number of unbranched alkanes of at least 4 members (excludes halogenated alkanes) is 1. The van der Waals surface area contributed by atoms with Crippen LogP contribution in [-0.4, -0.2) is 0 Å². The highest BCUT2D eigenvalue weighted by Gasteiger charge is 2.03. The van der Waals surface area contributed by atoms with Crippen molar-refractivity contribution in [2.45, 2.75) is 60.8 Å². The van der Waals surface area contributed by atoms with Crippen LogP contribution in [0.25, 0.3) is 0 Å². The molecule has 0 aliphatic carbocycles. The molecule has 0 aromatic rings. The first-order valence-electron chi connectivity index (χ1n) is 4.66. The molecule has 0 saturated heterocycles. The zero-order chi connectivity index (χ0) is 7.98. The Morgan fingerprint density at radius 2 is 1.64 bits per heavy atom. The van der Waals surface area contributed by atoms with Crippen LogP contribution in [0.15, 0.2) is 0 Å². The van der Waals surface area contributed by atoms with Gasteiger partial charge in [0.05, 0.1) is 0 Å². The van der Waals surface area contributed by atoms with Crippen molar-refractivity contribution in [1.82, 2.24) is 0 Å². The van der Waals surface area contributed by atoms with Gasteiger partial charge in [-0.1, -0.05) is 54.4 Å². The van der Waals surface area contributed by atoms with E-state index in [0.29, 0.717) is 0 Å². The van der Waals surface area contributed by atoms with Gasteiger partial charge in [-0.15, -0.1) is 0 Å². The Hall–Kier alpha value is 0. The molecule has 0 heteroatoms. The highest BCUT2D eigenvalue weighted by Crippen LogP contribution is 2.16. The molecule has 0 rings (SSSR count). The maximum Gasteiger partial charge on any atom is -0.0440 e. The van der Waals surface area contributed by atoms with E-state index in [-0.39, 0.29) is 7.43 Å². The fourth-order valence-electron chi connectivity index (χ4n) is 1.48. The summed E-state index contributed by atoms with van der Waals surface area (Å²) in [5.41, 5.74) is 0. The van der Waals surface area contributed by atoms with E-state index >= 15 is 0 Å². The third-order valence-corrected chi connectivity index (χ3v) is 1.92. The molecule has 70 valence electrons. The van der Waals surface area contributed by atoms with Gasteiger partial charge in [-0.3, -0.25) is 0 Å². The van der Waals surface area contributed by atoms with Crippen LogP contribution in [-0.2, 0) is 0 Å². The molecule has 11 heavy (non-hydrogen) atoms. The molecule has 0 aliphatic heterocycles. The summed E-state index contributed by atoms with van der Waals surface area (Å²) in [6.07, 6.45) is 5.59. The summed E-state index contributed by atoms with van der Waals surface area (Å²) < 4.78 is 0. The summed E-state index contributed by atoms with van der Waals surface area (Å²) in [5, 5.41) is 0. The Labute approximate surface area is 73.4 Å². The highest BCUT2D eigenvalue weighted by molar-refractivity contribution is 4.55. The number of hydrogen-bond donors (Lipinski definition) is 0. The second kappa shape index (κ2) is 8.10. The van der Waals surface area contributed by atoms with E-state index in [2.05, 4.69) is 27.7 Å². The predicted molar refractivity (Wildman–Crippen MR) is 54.9 cm³/mol. The van der Waals surface area contributed by atoms with Crippen LogP contribution in [0.5, 0.6) is 0 Å². The first kappa shape index (κ1) is 13.6. The van der Waals surface area contributed by atoms with E-state index in [9.17, 15) is 0 Å². The Balaban J connectivity index is 0. The molecule has 0 spiro atoms. The third kappa shape index (κ3) is 10.0. The van der Waals surface area contributed by atoms with Crippen LogP contribution in [0, 0.1) is 11.8 Å². The topological polar surface area (TPSA) is 0 Å². The van der Waals surface area contributed by atoms with Crippen LogP contribution in [0.2, 0.25) is 0 Å². The van der Waals surface area contributed by atoms with Crippen LogP contribution in [0.4, 0.5) is 0 Å². The van der Waals surface area contributed by atoms with Crippen molar-refractivity contribution in [3.05, 3.63) is 0 Å². The van der Waals surface area contributed by atoms with E-state index in [4.69, 9.17) is 0 Å². The van der Waals surface area contributed by atoms with Gasteiger partial charge < -0.3 is 0 Å². The third-order valence-electron chi connectivity index (χ3n) is 1.92. The number of hydrogen-bond acceptors (Lipinski definition) is 0. The monoisotopic (exact) mass is 158 g/mol. The minimum absolute atomic E-state index is 0. The van der Waals surface area contributed by atoms with Gasteiger partial charge in [0.2, 0.25) is 0 Å². The Bertz CT molecular complexity index is 64.4. The second-order valence-corrected chi connectivity index (χ2v) is 3.88. The molecule has 0 fully saturated rings.